The molecule has 0 amide bonds. The van der Waals surface area contributed by atoms with Gasteiger partial charge < -0.3 is 14.0 Å². The highest BCUT2D eigenvalue weighted by atomic mass is 16.7. The number of methoxy groups -OCH3 is 1. The highest BCUT2D eigenvalue weighted by Crippen LogP contribution is 2.37. The Morgan fingerprint density at radius 1 is 1.17 bits per heavy atom. The van der Waals surface area contributed by atoms with Crippen LogP contribution in [0.5, 0.6) is 5.88 Å². The second-order valence-electron chi connectivity index (χ2n) is 5.72. The summed E-state index contributed by atoms with van der Waals surface area (Å²) in [6, 6.07) is 0. The molecule has 1 aromatic heterocycles. The maximum absolute atomic E-state index is 6.03. The van der Waals surface area contributed by atoms with Gasteiger partial charge in [-0.15, -0.1) is 0 Å². The van der Waals surface area contributed by atoms with Gasteiger partial charge in [-0.25, -0.2) is 4.68 Å². The molecule has 0 bridgehead atoms. The van der Waals surface area contributed by atoms with E-state index in [2.05, 4.69) is 5.10 Å². The van der Waals surface area contributed by atoms with Crippen LogP contribution in [0.25, 0.3) is 0 Å². The summed E-state index contributed by atoms with van der Waals surface area (Å²) in [7, 11) is 3.05. The van der Waals surface area contributed by atoms with Gasteiger partial charge >= 0.3 is 7.12 Å². The van der Waals surface area contributed by atoms with Crippen LogP contribution in [0.4, 0.5) is 0 Å². The standard InChI is InChI=1S/C12H21BN2O3/c1-8-9(10(16-7)15(6)14-8)13-17-11(2,3)12(4,5)18-13/h1-7H3. The number of hydrogen-bond donors (Lipinski definition) is 0. The van der Waals surface area contributed by atoms with E-state index in [1.54, 1.807) is 11.8 Å². The maximum Gasteiger partial charge on any atom is 0.502 e. The van der Waals surface area contributed by atoms with Crippen LogP contribution < -0.4 is 10.2 Å². The lowest BCUT2D eigenvalue weighted by atomic mass is 9.79. The Bertz CT molecular complexity index is 452. The predicted octanol–water partition coefficient (Wildman–Crippen LogP) is 1.04. The number of aromatic nitrogens is 2. The largest absolute Gasteiger partial charge is 0.502 e. The minimum atomic E-state index is -0.432. The zero-order valence-electron chi connectivity index (χ0n) is 12.2. The van der Waals surface area contributed by atoms with E-state index >= 15 is 0 Å². The average molecular weight is 252 g/mol. The van der Waals surface area contributed by atoms with E-state index < -0.39 is 7.12 Å². The smallest absolute Gasteiger partial charge is 0.481 e. The van der Waals surface area contributed by atoms with Crippen molar-refractivity contribution in [2.24, 2.45) is 7.05 Å². The molecule has 1 fully saturated rings. The molecule has 0 N–H and O–H groups in total. The highest BCUT2D eigenvalue weighted by molar-refractivity contribution is 6.63. The summed E-state index contributed by atoms with van der Waals surface area (Å²) in [5.74, 6) is 0.686. The molecular formula is C12H21BN2O3. The fraction of sp³-hybridized carbons (Fsp3) is 0.750. The number of hydrogen-bond acceptors (Lipinski definition) is 4. The third kappa shape index (κ3) is 1.84. The van der Waals surface area contributed by atoms with E-state index in [4.69, 9.17) is 14.0 Å². The van der Waals surface area contributed by atoms with E-state index in [-0.39, 0.29) is 11.2 Å². The molecule has 1 aliphatic rings. The second-order valence-corrected chi connectivity index (χ2v) is 5.72. The average Bonchev–Trinajstić information content (AvgIpc) is 2.60. The van der Waals surface area contributed by atoms with E-state index in [9.17, 15) is 0 Å². The van der Waals surface area contributed by atoms with Crippen LogP contribution >= 0.6 is 0 Å². The Labute approximate surface area is 109 Å². The first-order valence-electron chi connectivity index (χ1n) is 6.13. The molecule has 2 rings (SSSR count). The summed E-state index contributed by atoms with van der Waals surface area (Å²) in [6.45, 7) is 10.1. The van der Waals surface area contributed by atoms with Crippen molar-refractivity contribution in [1.29, 1.82) is 0 Å². The molecule has 1 aliphatic heterocycles. The van der Waals surface area contributed by atoms with Crippen molar-refractivity contribution in [3.63, 3.8) is 0 Å². The number of rotatable bonds is 2. The van der Waals surface area contributed by atoms with Gasteiger partial charge in [-0.05, 0) is 34.6 Å². The van der Waals surface area contributed by atoms with E-state index in [0.29, 0.717) is 5.88 Å². The molecule has 0 saturated carbocycles. The summed E-state index contributed by atoms with van der Waals surface area (Å²) in [4.78, 5) is 0. The van der Waals surface area contributed by atoms with Crippen molar-refractivity contribution in [3.05, 3.63) is 5.69 Å². The van der Waals surface area contributed by atoms with Gasteiger partial charge in [0, 0.05) is 7.05 Å². The highest BCUT2D eigenvalue weighted by Gasteiger charge is 2.53. The fourth-order valence-electron chi connectivity index (χ4n) is 2.13. The number of ether oxygens (including phenoxy) is 1. The van der Waals surface area contributed by atoms with Crippen LogP contribution in [0.15, 0.2) is 0 Å². The molecule has 100 valence electrons. The number of nitrogens with zero attached hydrogens (tertiary/aromatic N) is 2. The SMILES string of the molecule is COc1c(B2OC(C)(C)C(C)(C)O2)c(C)nn1C. The van der Waals surface area contributed by atoms with Gasteiger partial charge in [0.15, 0.2) is 0 Å². The van der Waals surface area contributed by atoms with Gasteiger partial charge in [0.25, 0.3) is 0 Å². The first-order chi connectivity index (χ1) is 8.19. The van der Waals surface area contributed by atoms with Crippen LogP contribution in [0, 0.1) is 6.92 Å². The molecule has 6 heteroatoms. The minimum absolute atomic E-state index is 0.356. The molecule has 0 radical (unpaired) electrons. The van der Waals surface area contributed by atoms with Crippen LogP contribution in [-0.4, -0.2) is 35.2 Å². The van der Waals surface area contributed by atoms with Crippen LogP contribution in [0.2, 0.25) is 0 Å². The summed E-state index contributed by atoms with van der Waals surface area (Å²) >= 11 is 0. The van der Waals surface area contributed by atoms with Crippen molar-refractivity contribution >= 4 is 12.6 Å². The zero-order valence-corrected chi connectivity index (χ0v) is 12.2. The van der Waals surface area contributed by atoms with E-state index in [1.165, 1.54) is 0 Å². The van der Waals surface area contributed by atoms with Crippen molar-refractivity contribution < 1.29 is 14.0 Å². The Kier molecular flexibility index (Phi) is 2.98. The van der Waals surface area contributed by atoms with Gasteiger partial charge in [-0.3, -0.25) is 0 Å². The molecule has 1 saturated heterocycles. The number of aryl methyl sites for hydroxylation is 2. The van der Waals surface area contributed by atoms with E-state index in [1.807, 2.05) is 41.7 Å². The predicted molar refractivity (Wildman–Crippen MR) is 70.2 cm³/mol. The first-order valence-corrected chi connectivity index (χ1v) is 6.13. The lowest BCUT2D eigenvalue weighted by Crippen LogP contribution is -2.41. The van der Waals surface area contributed by atoms with Gasteiger partial charge in [0.05, 0.1) is 29.5 Å². The van der Waals surface area contributed by atoms with Crippen molar-refractivity contribution in [1.82, 2.24) is 9.78 Å². The maximum atomic E-state index is 6.03. The first kappa shape index (κ1) is 13.4. The fourth-order valence-corrected chi connectivity index (χ4v) is 2.13. The minimum Gasteiger partial charge on any atom is -0.481 e. The zero-order chi connectivity index (χ0) is 13.7. The Hall–Kier alpha value is -1.01. The summed E-state index contributed by atoms with van der Waals surface area (Å²) in [5, 5.41) is 4.35. The molecule has 1 aromatic rings. The van der Waals surface area contributed by atoms with Crippen molar-refractivity contribution in [2.75, 3.05) is 7.11 Å². The Balaban J connectivity index is 2.41. The van der Waals surface area contributed by atoms with Crippen LogP contribution in [-0.2, 0) is 16.4 Å². The Morgan fingerprint density at radius 3 is 2.11 bits per heavy atom. The summed E-state index contributed by atoms with van der Waals surface area (Å²) in [6.07, 6.45) is 0. The Morgan fingerprint density at radius 2 is 1.67 bits per heavy atom. The van der Waals surface area contributed by atoms with Gasteiger partial charge in [0.1, 0.15) is 0 Å². The van der Waals surface area contributed by atoms with Gasteiger partial charge in [-0.1, -0.05) is 0 Å². The van der Waals surface area contributed by atoms with Crippen molar-refractivity contribution in [2.45, 2.75) is 45.8 Å². The lowest BCUT2D eigenvalue weighted by molar-refractivity contribution is 0.00578. The topological polar surface area (TPSA) is 45.5 Å². The molecular weight excluding hydrogens is 231 g/mol. The molecule has 2 heterocycles. The molecule has 18 heavy (non-hydrogen) atoms. The monoisotopic (exact) mass is 252 g/mol. The third-order valence-electron chi connectivity index (χ3n) is 3.90. The van der Waals surface area contributed by atoms with Gasteiger partial charge in [0.2, 0.25) is 5.88 Å². The quantitative estimate of drug-likeness (QED) is 0.738. The molecule has 0 spiro atoms. The van der Waals surface area contributed by atoms with E-state index in [0.717, 1.165) is 11.2 Å². The third-order valence-corrected chi connectivity index (χ3v) is 3.90. The van der Waals surface area contributed by atoms with Gasteiger partial charge in [-0.2, -0.15) is 5.10 Å². The molecule has 0 aliphatic carbocycles. The molecule has 0 atom stereocenters. The summed E-state index contributed by atoms with van der Waals surface area (Å²) in [5.41, 5.74) is 1.03. The van der Waals surface area contributed by atoms with Crippen LogP contribution in [0.3, 0.4) is 0 Å². The summed E-state index contributed by atoms with van der Waals surface area (Å²) < 4.78 is 19.2. The lowest BCUT2D eigenvalue weighted by Gasteiger charge is -2.32. The molecule has 0 unspecified atom stereocenters. The van der Waals surface area contributed by atoms with Crippen LogP contribution in [0.1, 0.15) is 33.4 Å². The molecule has 5 nitrogen and oxygen atoms in total. The molecule has 0 aromatic carbocycles. The second kappa shape index (κ2) is 4.00. The normalized spacial score (nSPS) is 21.4. The van der Waals surface area contributed by atoms with Crippen molar-refractivity contribution in [3.8, 4) is 5.88 Å².